The summed E-state index contributed by atoms with van der Waals surface area (Å²) in [4.78, 5) is 11.6. The van der Waals surface area contributed by atoms with Crippen molar-refractivity contribution in [3.05, 3.63) is 47.3 Å². The lowest BCUT2D eigenvalue weighted by molar-refractivity contribution is -0.255. The maximum atomic E-state index is 11.6. The number of para-hydroxylation sites is 1. The van der Waals surface area contributed by atoms with Gasteiger partial charge in [0.15, 0.2) is 0 Å². The summed E-state index contributed by atoms with van der Waals surface area (Å²) in [6, 6.07) is 9.78. The predicted octanol–water partition coefficient (Wildman–Crippen LogP) is 2.41. The van der Waals surface area contributed by atoms with Gasteiger partial charge >= 0.3 is 0 Å². The van der Waals surface area contributed by atoms with E-state index in [1.165, 1.54) is 0 Å². The SMILES string of the molecule is CC1(C)[C@H]2CC[C@@]1(C)c1c2c(C(=O)[O-])nn1-c1ccccc1. The summed E-state index contributed by atoms with van der Waals surface area (Å²) in [7, 11) is 0. The molecule has 4 rings (SSSR count). The van der Waals surface area contributed by atoms with Crippen molar-refractivity contribution in [1.82, 2.24) is 9.78 Å². The van der Waals surface area contributed by atoms with Crippen LogP contribution in [0.25, 0.3) is 5.69 Å². The second-order valence-corrected chi connectivity index (χ2v) is 7.29. The van der Waals surface area contributed by atoms with E-state index in [9.17, 15) is 9.90 Å². The third-order valence-corrected chi connectivity index (χ3v) is 6.21. The Bertz CT molecular complexity index is 776. The number of aromatic carboxylic acids is 1. The molecule has 2 atom stereocenters. The summed E-state index contributed by atoms with van der Waals surface area (Å²) < 4.78 is 1.83. The summed E-state index contributed by atoms with van der Waals surface area (Å²) in [6.07, 6.45) is 2.10. The summed E-state index contributed by atoms with van der Waals surface area (Å²) in [6.45, 7) is 6.75. The van der Waals surface area contributed by atoms with Crippen LogP contribution in [0.15, 0.2) is 30.3 Å². The molecule has 0 spiro atoms. The third kappa shape index (κ3) is 1.38. The molecule has 0 N–H and O–H groups in total. The van der Waals surface area contributed by atoms with E-state index in [-0.39, 0.29) is 22.4 Å². The number of benzene rings is 1. The largest absolute Gasteiger partial charge is 0.543 e. The van der Waals surface area contributed by atoms with Gasteiger partial charge in [-0.3, -0.25) is 0 Å². The molecule has 2 bridgehead atoms. The fraction of sp³-hybridized carbons (Fsp3) is 0.444. The molecule has 0 unspecified atom stereocenters. The van der Waals surface area contributed by atoms with Crippen LogP contribution in [0.4, 0.5) is 0 Å². The Morgan fingerprint density at radius 3 is 2.59 bits per heavy atom. The summed E-state index contributed by atoms with van der Waals surface area (Å²) in [5, 5.41) is 16.0. The average Bonchev–Trinajstić information content (AvgIpc) is 3.03. The minimum absolute atomic E-state index is 0.0430. The molecule has 2 aliphatic rings. The van der Waals surface area contributed by atoms with Gasteiger partial charge in [-0.1, -0.05) is 39.0 Å². The number of aromatic nitrogens is 2. The number of carbonyl (C=O) groups excluding carboxylic acids is 1. The Morgan fingerprint density at radius 1 is 1.27 bits per heavy atom. The molecule has 4 nitrogen and oxygen atoms in total. The number of carbonyl (C=O) groups is 1. The number of carboxylic acid groups (broad SMARTS) is 1. The standard InChI is InChI=1S/C18H20N2O2/c1-17(2)12-9-10-18(17,3)15-13(12)14(16(21)22)19-20(15)11-7-5-4-6-8-11/h4-8,12H,9-10H2,1-3H3,(H,21,22)/p-1/t12-,18-/m0/s1. The molecule has 1 aromatic carbocycles. The number of carboxylic acids is 1. The summed E-state index contributed by atoms with van der Waals surface area (Å²) in [5.74, 6) is -0.921. The molecule has 0 aliphatic heterocycles. The first kappa shape index (κ1) is 13.6. The third-order valence-electron chi connectivity index (χ3n) is 6.21. The molecule has 1 fully saturated rings. The first-order valence-electron chi connectivity index (χ1n) is 7.78. The van der Waals surface area contributed by atoms with Crippen LogP contribution in [0.2, 0.25) is 0 Å². The zero-order chi connectivity index (χ0) is 15.7. The lowest BCUT2D eigenvalue weighted by Crippen LogP contribution is -2.34. The van der Waals surface area contributed by atoms with Crippen molar-refractivity contribution < 1.29 is 9.90 Å². The Kier molecular flexibility index (Phi) is 2.47. The highest BCUT2D eigenvalue weighted by atomic mass is 16.4. The van der Waals surface area contributed by atoms with Gasteiger partial charge in [-0.15, -0.1) is 0 Å². The van der Waals surface area contributed by atoms with Crippen molar-refractivity contribution >= 4 is 5.97 Å². The van der Waals surface area contributed by atoms with Crippen molar-refractivity contribution in [3.63, 3.8) is 0 Å². The van der Waals surface area contributed by atoms with E-state index in [0.717, 1.165) is 29.8 Å². The van der Waals surface area contributed by atoms with Crippen LogP contribution < -0.4 is 5.11 Å². The van der Waals surface area contributed by atoms with E-state index in [1.807, 2.05) is 35.0 Å². The highest BCUT2D eigenvalue weighted by Gasteiger charge is 2.62. The lowest BCUT2D eigenvalue weighted by Gasteiger charge is -2.35. The quantitative estimate of drug-likeness (QED) is 0.855. The van der Waals surface area contributed by atoms with E-state index in [0.29, 0.717) is 0 Å². The van der Waals surface area contributed by atoms with Gasteiger partial charge in [0.25, 0.3) is 0 Å². The zero-order valence-electron chi connectivity index (χ0n) is 13.1. The van der Waals surface area contributed by atoms with Crippen LogP contribution in [-0.2, 0) is 5.41 Å². The Hall–Kier alpha value is -2.10. The first-order chi connectivity index (χ1) is 10.4. The van der Waals surface area contributed by atoms with Crippen molar-refractivity contribution in [2.24, 2.45) is 5.41 Å². The van der Waals surface area contributed by atoms with Crippen molar-refractivity contribution in [3.8, 4) is 5.69 Å². The highest BCUT2D eigenvalue weighted by Crippen LogP contribution is 2.68. The molecule has 1 aromatic heterocycles. The molecule has 2 aromatic rings. The molecule has 1 saturated carbocycles. The van der Waals surface area contributed by atoms with Crippen LogP contribution >= 0.6 is 0 Å². The monoisotopic (exact) mass is 295 g/mol. The molecule has 1 heterocycles. The second kappa shape index (κ2) is 4.00. The molecular formula is C18H19N2O2-. The van der Waals surface area contributed by atoms with E-state index in [1.54, 1.807) is 0 Å². The van der Waals surface area contributed by atoms with E-state index in [2.05, 4.69) is 25.9 Å². The van der Waals surface area contributed by atoms with Gasteiger partial charge in [0.1, 0.15) is 5.69 Å². The Balaban J connectivity index is 2.05. The number of nitrogens with zero attached hydrogens (tertiary/aromatic N) is 2. The van der Waals surface area contributed by atoms with Gasteiger partial charge in [0.2, 0.25) is 0 Å². The van der Waals surface area contributed by atoms with E-state index >= 15 is 0 Å². The second-order valence-electron chi connectivity index (χ2n) is 7.29. The van der Waals surface area contributed by atoms with Crippen LogP contribution in [0.5, 0.6) is 0 Å². The van der Waals surface area contributed by atoms with Crippen molar-refractivity contribution in [2.75, 3.05) is 0 Å². The zero-order valence-corrected chi connectivity index (χ0v) is 13.1. The molecule has 0 radical (unpaired) electrons. The highest BCUT2D eigenvalue weighted by molar-refractivity contribution is 5.87. The minimum atomic E-state index is -1.17. The molecule has 2 aliphatic carbocycles. The van der Waals surface area contributed by atoms with Gasteiger partial charge in [0, 0.05) is 11.0 Å². The molecule has 22 heavy (non-hydrogen) atoms. The fourth-order valence-electron chi connectivity index (χ4n) is 4.63. The van der Waals surface area contributed by atoms with Crippen molar-refractivity contribution in [1.29, 1.82) is 0 Å². The normalized spacial score (nSPS) is 27.9. The summed E-state index contributed by atoms with van der Waals surface area (Å²) >= 11 is 0. The maximum absolute atomic E-state index is 11.6. The average molecular weight is 295 g/mol. The van der Waals surface area contributed by atoms with Gasteiger partial charge in [0.05, 0.1) is 17.4 Å². The molecule has 114 valence electrons. The van der Waals surface area contributed by atoms with Gasteiger partial charge in [-0.2, -0.15) is 5.10 Å². The topological polar surface area (TPSA) is 57.9 Å². The molecule has 0 amide bonds. The predicted molar refractivity (Wildman–Crippen MR) is 81.0 cm³/mol. The molecule has 0 saturated heterocycles. The smallest absolute Gasteiger partial charge is 0.112 e. The first-order valence-corrected chi connectivity index (χ1v) is 7.78. The fourth-order valence-corrected chi connectivity index (χ4v) is 4.63. The van der Waals surface area contributed by atoms with Crippen LogP contribution in [0.1, 0.15) is 61.3 Å². The van der Waals surface area contributed by atoms with Gasteiger partial charge < -0.3 is 9.90 Å². The Labute approximate surface area is 129 Å². The van der Waals surface area contributed by atoms with Crippen LogP contribution in [-0.4, -0.2) is 15.7 Å². The number of hydrogen-bond donors (Lipinski definition) is 0. The maximum Gasteiger partial charge on any atom is 0.112 e. The van der Waals surface area contributed by atoms with E-state index < -0.39 is 5.97 Å². The molecule has 4 heteroatoms. The lowest BCUT2D eigenvalue weighted by atomic mass is 9.70. The van der Waals surface area contributed by atoms with Crippen LogP contribution in [0, 0.1) is 5.41 Å². The van der Waals surface area contributed by atoms with Crippen molar-refractivity contribution in [2.45, 2.75) is 44.9 Å². The minimum Gasteiger partial charge on any atom is -0.543 e. The molecular weight excluding hydrogens is 276 g/mol. The number of hydrogen-bond acceptors (Lipinski definition) is 3. The number of rotatable bonds is 2. The van der Waals surface area contributed by atoms with E-state index in [4.69, 9.17) is 0 Å². The van der Waals surface area contributed by atoms with Crippen LogP contribution in [0.3, 0.4) is 0 Å². The number of fused-ring (bicyclic) bond motifs is 5. The van der Waals surface area contributed by atoms with Gasteiger partial charge in [-0.05, 0) is 36.3 Å². The Morgan fingerprint density at radius 2 is 1.95 bits per heavy atom. The summed E-state index contributed by atoms with van der Waals surface area (Å²) in [5.41, 5.74) is 3.00. The van der Waals surface area contributed by atoms with Gasteiger partial charge in [-0.25, -0.2) is 4.68 Å².